The number of benzene rings is 1. The topological polar surface area (TPSA) is 12.9 Å². The molecule has 0 aliphatic carbocycles. The SMILES string of the molecule is Cc1ccc(-c2nc(Cl)c(C)cc2CCl)cc1. The molecular weight excluding hydrogens is 253 g/mol. The summed E-state index contributed by atoms with van der Waals surface area (Å²) in [6, 6.07) is 10.2. The van der Waals surface area contributed by atoms with Gasteiger partial charge in [-0.05, 0) is 31.0 Å². The number of hydrogen-bond acceptors (Lipinski definition) is 1. The van der Waals surface area contributed by atoms with Crippen molar-refractivity contribution in [2.45, 2.75) is 19.7 Å². The van der Waals surface area contributed by atoms with E-state index in [4.69, 9.17) is 23.2 Å². The second-order valence-electron chi connectivity index (χ2n) is 4.10. The maximum absolute atomic E-state index is 6.07. The van der Waals surface area contributed by atoms with Crippen molar-refractivity contribution in [1.82, 2.24) is 4.98 Å². The van der Waals surface area contributed by atoms with Gasteiger partial charge in [-0.25, -0.2) is 4.98 Å². The summed E-state index contributed by atoms with van der Waals surface area (Å²) in [7, 11) is 0. The Morgan fingerprint density at radius 1 is 1.12 bits per heavy atom. The minimum atomic E-state index is 0.439. The molecule has 88 valence electrons. The van der Waals surface area contributed by atoms with Crippen LogP contribution in [0.2, 0.25) is 5.15 Å². The average molecular weight is 266 g/mol. The van der Waals surface area contributed by atoms with Gasteiger partial charge in [-0.1, -0.05) is 41.4 Å². The maximum atomic E-state index is 6.07. The average Bonchev–Trinajstić information content (AvgIpc) is 2.33. The van der Waals surface area contributed by atoms with Gasteiger partial charge in [-0.15, -0.1) is 11.6 Å². The van der Waals surface area contributed by atoms with Gasteiger partial charge in [-0.3, -0.25) is 0 Å². The van der Waals surface area contributed by atoms with Crippen LogP contribution in [0, 0.1) is 13.8 Å². The first-order valence-electron chi connectivity index (χ1n) is 5.41. The van der Waals surface area contributed by atoms with Crippen LogP contribution in [0.5, 0.6) is 0 Å². The number of aryl methyl sites for hydroxylation is 2. The highest BCUT2D eigenvalue weighted by Crippen LogP contribution is 2.27. The molecule has 2 aromatic rings. The highest BCUT2D eigenvalue weighted by Gasteiger charge is 2.09. The second kappa shape index (κ2) is 5.07. The number of halogens is 2. The van der Waals surface area contributed by atoms with Crippen molar-refractivity contribution < 1.29 is 0 Å². The zero-order valence-electron chi connectivity index (χ0n) is 9.80. The molecule has 0 aliphatic heterocycles. The van der Waals surface area contributed by atoms with Crippen LogP contribution < -0.4 is 0 Å². The molecule has 0 fully saturated rings. The zero-order chi connectivity index (χ0) is 12.4. The van der Waals surface area contributed by atoms with Crippen LogP contribution in [0.3, 0.4) is 0 Å². The molecule has 0 saturated heterocycles. The van der Waals surface area contributed by atoms with E-state index in [1.54, 1.807) is 0 Å². The molecule has 0 saturated carbocycles. The lowest BCUT2D eigenvalue weighted by atomic mass is 10.0. The fourth-order valence-electron chi connectivity index (χ4n) is 1.71. The lowest BCUT2D eigenvalue weighted by Crippen LogP contribution is -1.94. The largest absolute Gasteiger partial charge is 0.235 e. The van der Waals surface area contributed by atoms with Crippen LogP contribution in [0.4, 0.5) is 0 Å². The third-order valence-electron chi connectivity index (χ3n) is 2.70. The Labute approximate surface area is 111 Å². The van der Waals surface area contributed by atoms with Gasteiger partial charge in [0.25, 0.3) is 0 Å². The summed E-state index contributed by atoms with van der Waals surface area (Å²) in [6.07, 6.45) is 0. The molecular formula is C14H13Cl2N. The second-order valence-corrected chi connectivity index (χ2v) is 4.73. The van der Waals surface area contributed by atoms with E-state index in [-0.39, 0.29) is 0 Å². The van der Waals surface area contributed by atoms with Crippen LogP contribution >= 0.6 is 23.2 Å². The zero-order valence-corrected chi connectivity index (χ0v) is 11.3. The molecule has 0 spiro atoms. The Hall–Kier alpha value is -1.05. The molecule has 0 N–H and O–H groups in total. The van der Waals surface area contributed by atoms with Gasteiger partial charge in [0.05, 0.1) is 5.69 Å². The molecule has 1 nitrogen and oxygen atoms in total. The van der Waals surface area contributed by atoms with E-state index in [1.165, 1.54) is 5.56 Å². The number of alkyl halides is 1. The quantitative estimate of drug-likeness (QED) is 0.564. The van der Waals surface area contributed by atoms with Crippen LogP contribution in [-0.2, 0) is 5.88 Å². The molecule has 0 aliphatic rings. The number of aromatic nitrogens is 1. The minimum Gasteiger partial charge on any atom is -0.235 e. The summed E-state index contributed by atoms with van der Waals surface area (Å²) in [4.78, 5) is 4.42. The summed E-state index contributed by atoms with van der Waals surface area (Å²) in [5.74, 6) is 0.439. The normalized spacial score (nSPS) is 10.6. The van der Waals surface area contributed by atoms with Crippen molar-refractivity contribution in [3.05, 3.63) is 52.2 Å². The summed E-state index contributed by atoms with van der Waals surface area (Å²) in [6.45, 7) is 3.99. The van der Waals surface area contributed by atoms with Crippen molar-refractivity contribution in [2.75, 3.05) is 0 Å². The molecule has 0 unspecified atom stereocenters. The standard InChI is InChI=1S/C14H13Cl2N/c1-9-3-5-11(6-4-9)13-12(8-15)7-10(2)14(16)17-13/h3-7H,8H2,1-2H3. The molecule has 3 heteroatoms. The van der Waals surface area contributed by atoms with E-state index in [0.29, 0.717) is 11.0 Å². The molecule has 0 radical (unpaired) electrons. The van der Waals surface area contributed by atoms with Crippen molar-refractivity contribution in [1.29, 1.82) is 0 Å². The Morgan fingerprint density at radius 2 is 1.76 bits per heavy atom. The lowest BCUT2D eigenvalue weighted by molar-refractivity contribution is 1.21. The van der Waals surface area contributed by atoms with Crippen molar-refractivity contribution in [3.63, 3.8) is 0 Å². The summed E-state index contributed by atoms with van der Waals surface area (Å²) in [5.41, 5.74) is 5.11. The number of pyridine rings is 1. The van der Waals surface area contributed by atoms with E-state index >= 15 is 0 Å². The minimum absolute atomic E-state index is 0.439. The Kier molecular flexibility index (Phi) is 3.70. The van der Waals surface area contributed by atoms with Gasteiger partial charge in [-0.2, -0.15) is 0 Å². The smallest absolute Gasteiger partial charge is 0.132 e. The Morgan fingerprint density at radius 3 is 2.35 bits per heavy atom. The molecule has 17 heavy (non-hydrogen) atoms. The summed E-state index contributed by atoms with van der Waals surface area (Å²) in [5, 5.41) is 0.537. The molecule has 2 rings (SSSR count). The predicted octanol–water partition coefficient (Wildman–Crippen LogP) is 4.76. The maximum Gasteiger partial charge on any atom is 0.132 e. The van der Waals surface area contributed by atoms with Crippen LogP contribution in [0.15, 0.2) is 30.3 Å². The summed E-state index contributed by atoms with van der Waals surface area (Å²) < 4.78 is 0. The predicted molar refractivity (Wildman–Crippen MR) is 73.7 cm³/mol. The summed E-state index contributed by atoms with van der Waals surface area (Å²) >= 11 is 12.0. The van der Waals surface area contributed by atoms with Gasteiger partial charge in [0.2, 0.25) is 0 Å². The van der Waals surface area contributed by atoms with Gasteiger partial charge >= 0.3 is 0 Å². The van der Waals surface area contributed by atoms with Crippen LogP contribution in [0.25, 0.3) is 11.3 Å². The monoisotopic (exact) mass is 265 g/mol. The van der Waals surface area contributed by atoms with Crippen LogP contribution in [-0.4, -0.2) is 4.98 Å². The molecule has 0 amide bonds. The molecule has 1 aromatic heterocycles. The lowest BCUT2D eigenvalue weighted by Gasteiger charge is -2.09. The number of rotatable bonds is 2. The van der Waals surface area contributed by atoms with Gasteiger partial charge in [0, 0.05) is 11.4 Å². The first-order chi connectivity index (χ1) is 8.11. The fraction of sp³-hybridized carbons (Fsp3) is 0.214. The van der Waals surface area contributed by atoms with Gasteiger partial charge in [0.15, 0.2) is 0 Å². The van der Waals surface area contributed by atoms with Crippen molar-refractivity contribution in [3.8, 4) is 11.3 Å². The molecule has 1 aromatic carbocycles. The number of hydrogen-bond donors (Lipinski definition) is 0. The fourth-order valence-corrected chi connectivity index (χ4v) is 2.05. The molecule has 0 bridgehead atoms. The first kappa shape index (κ1) is 12.4. The van der Waals surface area contributed by atoms with Crippen molar-refractivity contribution in [2.24, 2.45) is 0 Å². The third kappa shape index (κ3) is 2.62. The van der Waals surface area contributed by atoms with Gasteiger partial charge < -0.3 is 0 Å². The highest BCUT2D eigenvalue weighted by molar-refractivity contribution is 6.30. The van der Waals surface area contributed by atoms with E-state index in [2.05, 4.69) is 24.0 Å². The first-order valence-corrected chi connectivity index (χ1v) is 6.32. The van der Waals surface area contributed by atoms with Crippen LogP contribution in [0.1, 0.15) is 16.7 Å². The van der Waals surface area contributed by atoms with E-state index in [0.717, 1.165) is 22.4 Å². The van der Waals surface area contributed by atoms with E-state index in [1.807, 2.05) is 25.1 Å². The van der Waals surface area contributed by atoms with Crippen molar-refractivity contribution >= 4 is 23.2 Å². The van der Waals surface area contributed by atoms with E-state index < -0.39 is 0 Å². The Balaban J connectivity index is 2.57. The molecule has 0 atom stereocenters. The third-order valence-corrected chi connectivity index (χ3v) is 3.37. The Bertz CT molecular complexity index is 533. The van der Waals surface area contributed by atoms with E-state index in [9.17, 15) is 0 Å². The molecule has 1 heterocycles. The van der Waals surface area contributed by atoms with Gasteiger partial charge in [0.1, 0.15) is 5.15 Å². The number of nitrogens with zero attached hydrogens (tertiary/aromatic N) is 1. The highest BCUT2D eigenvalue weighted by atomic mass is 35.5.